The zero-order valence-corrected chi connectivity index (χ0v) is 28.3. The maximum Gasteiger partial charge on any atom is 0.121 e. The maximum absolute atomic E-state index is 11.0. The van der Waals surface area contributed by atoms with Gasteiger partial charge in [0, 0.05) is 42.1 Å². The molecule has 0 radical (unpaired) electrons. The average Bonchev–Trinajstić information content (AvgIpc) is 3.06. The van der Waals surface area contributed by atoms with E-state index in [1.807, 2.05) is 30.3 Å². The van der Waals surface area contributed by atoms with Crippen molar-refractivity contribution in [2.45, 2.75) is 77.7 Å². The van der Waals surface area contributed by atoms with Crippen LogP contribution in [-0.2, 0) is 19.4 Å². The molecule has 7 heteroatoms. The van der Waals surface area contributed by atoms with Crippen LogP contribution < -0.4 is 10.1 Å². The van der Waals surface area contributed by atoms with E-state index in [0.717, 1.165) is 48.2 Å². The van der Waals surface area contributed by atoms with Crippen LogP contribution in [0.15, 0.2) is 91.0 Å². The Labute approximate surface area is 280 Å². The molecule has 0 aromatic heterocycles. The molecule has 2 atom stereocenters. The minimum atomic E-state index is -0.742. The lowest BCUT2D eigenvalue weighted by Gasteiger charge is -2.32. The highest BCUT2D eigenvalue weighted by Crippen LogP contribution is 2.35. The van der Waals surface area contributed by atoms with Gasteiger partial charge >= 0.3 is 0 Å². The first-order chi connectivity index (χ1) is 22.7. The van der Waals surface area contributed by atoms with E-state index in [9.17, 15) is 20.4 Å². The molecule has 0 spiro atoms. The molecule has 0 aliphatic rings. The van der Waals surface area contributed by atoms with Gasteiger partial charge in [-0.15, -0.1) is 0 Å². The first kappa shape index (κ1) is 36.0. The fraction of sp³-hybridized carbons (Fsp3) is 0.400. The Morgan fingerprint density at radius 2 is 1.47 bits per heavy atom. The summed E-state index contributed by atoms with van der Waals surface area (Å²) in [5, 5.41) is 43.9. The van der Waals surface area contributed by atoms with Crippen molar-refractivity contribution in [2.24, 2.45) is 0 Å². The molecule has 0 fully saturated rings. The number of aliphatic hydroxyl groups is 2. The third-order valence-electron chi connectivity index (χ3n) is 8.82. The Morgan fingerprint density at radius 1 is 0.745 bits per heavy atom. The molecule has 0 unspecified atom stereocenters. The topological polar surface area (TPSA) is 105 Å². The normalized spacial score (nSPS) is 13.0. The van der Waals surface area contributed by atoms with Gasteiger partial charge in [-0.05, 0) is 106 Å². The van der Waals surface area contributed by atoms with Crippen LogP contribution in [0.3, 0.4) is 0 Å². The van der Waals surface area contributed by atoms with Gasteiger partial charge in [-0.1, -0.05) is 60.7 Å². The predicted molar refractivity (Wildman–Crippen MR) is 189 cm³/mol. The lowest BCUT2D eigenvalue weighted by atomic mass is 9.86. The monoisotopic (exact) mass is 640 g/mol. The molecule has 0 aliphatic carbocycles. The molecule has 0 amide bonds. The molecule has 252 valence electrons. The highest BCUT2D eigenvalue weighted by molar-refractivity contribution is 5.44. The summed E-state index contributed by atoms with van der Waals surface area (Å²) >= 11 is 0. The van der Waals surface area contributed by atoms with Gasteiger partial charge in [0.25, 0.3) is 0 Å². The molecule has 0 bridgehead atoms. The van der Waals surface area contributed by atoms with Gasteiger partial charge < -0.3 is 30.5 Å². The van der Waals surface area contributed by atoms with Crippen molar-refractivity contribution in [3.8, 4) is 17.2 Å². The zero-order chi connectivity index (χ0) is 33.8. The van der Waals surface area contributed by atoms with E-state index in [4.69, 9.17) is 4.74 Å². The van der Waals surface area contributed by atoms with Gasteiger partial charge in [-0.3, -0.25) is 4.90 Å². The summed E-state index contributed by atoms with van der Waals surface area (Å²) in [7, 11) is 0. The first-order valence-corrected chi connectivity index (χ1v) is 16.8. The van der Waals surface area contributed by atoms with E-state index in [0.29, 0.717) is 48.7 Å². The number of benzene rings is 4. The summed E-state index contributed by atoms with van der Waals surface area (Å²) < 4.78 is 6.16. The minimum Gasteiger partial charge on any atom is -0.508 e. The highest BCUT2D eigenvalue weighted by Gasteiger charge is 2.22. The summed E-state index contributed by atoms with van der Waals surface area (Å²) in [6.45, 7) is 11.2. The van der Waals surface area contributed by atoms with Crippen LogP contribution in [0.25, 0.3) is 0 Å². The van der Waals surface area contributed by atoms with Crippen molar-refractivity contribution in [2.75, 3.05) is 26.2 Å². The lowest BCUT2D eigenvalue weighted by molar-refractivity contribution is 0.170. The smallest absolute Gasteiger partial charge is 0.121 e. The number of rotatable bonds is 18. The number of nitrogens with one attached hydrogen (secondary N) is 1. The van der Waals surface area contributed by atoms with Gasteiger partial charge in [-0.2, -0.15) is 0 Å². The Kier molecular flexibility index (Phi) is 13.7. The van der Waals surface area contributed by atoms with Gasteiger partial charge in [-0.25, -0.2) is 0 Å². The first-order valence-electron chi connectivity index (χ1n) is 16.8. The number of hydrogen-bond donors (Lipinski definition) is 5. The molecule has 0 heterocycles. The summed E-state index contributed by atoms with van der Waals surface area (Å²) in [6.07, 6.45) is 1.66. The largest absolute Gasteiger partial charge is 0.508 e. The Bertz CT molecular complexity index is 1520. The van der Waals surface area contributed by atoms with Gasteiger partial charge in [0.1, 0.15) is 17.2 Å². The number of aliphatic hydroxyl groups excluding tert-OH is 2. The fourth-order valence-electron chi connectivity index (χ4n) is 6.22. The maximum atomic E-state index is 11.0. The molecule has 0 saturated heterocycles. The second-order valence-corrected chi connectivity index (χ2v) is 12.8. The number of nitrogens with zero attached hydrogens (tertiary/aromatic N) is 1. The van der Waals surface area contributed by atoms with Crippen molar-refractivity contribution in [3.63, 3.8) is 0 Å². The molecular weight excluding hydrogens is 588 g/mol. The Morgan fingerprint density at radius 3 is 2.19 bits per heavy atom. The third-order valence-corrected chi connectivity index (χ3v) is 8.82. The van der Waals surface area contributed by atoms with E-state index < -0.39 is 6.10 Å². The number of aromatic hydroxyl groups is 2. The summed E-state index contributed by atoms with van der Waals surface area (Å²) in [5.74, 6) is 1.25. The molecular formula is C40H52N2O5. The van der Waals surface area contributed by atoms with E-state index in [1.54, 1.807) is 12.1 Å². The number of phenolic OH excluding ortho intramolecular Hbond substituents is 1. The fourth-order valence-corrected chi connectivity index (χ4v) is 6.22. The molecule has 4 aromatic carbocycles. The molecule has 4 rings (SSSR count). The van der Waals surface area contributed by atoms with Crippen molar-refractivity contribution in [1.82, 2.24) is 10.2 Å². The van der Waals surface area contributed by atoms with Crippen molar-refractivity contribution in [1.29, 1.82) is 0 Å². The third kappa shape index (κ3) is 10.6. The standard InChI is InChI=1S/C40H52N2O5/c1-28(2)42(29(3)4)21-18-36(32-10-6-5-7-11-32)37-24-31(13-15-39(37)45)19-22-47-35-12-8-9-30(23-35)17-20-41-26-40(46)33-14-16-38(44)34(25-33)27-43/h5-16,23-25,28-29,36,40-41,43-46H,17-22,26-27H2,1-4H3/t36-,40-/m1/s1. The highest BCUT2D eigenvalue weighted by atomic mass is 16.5. The molecule has 5 N–H and O–H groups in total. The molecule has 0 saturated carbocycles. The lowest BCUT2D eigenvalue weighted by Crippen LogP contribution is -2.38. The van der Waals surface area contributed by atoms with E-state index in [1.165, 1.54) is 11.6 Å². The number of hydrogen-bond acceptors (Lipinski definition) is 7. The number of ether oxygens (including phenoxy) is 1. The summed E-state index contributed by atoms with van der Waals surface area (Å²) in [4.78, 5) is 2.50. The Balaban J connectivity index is 1.32. The van der Waals surface area contributed by atoms with Crippen molar-refractivity contribution >= 4 is 0 Å². The summed E-state index contributed by atoms with van der Waals surface area (Å²) in [5.41, 5.74) is 5.47. The van der Waals surface area contributed by atoms with Gasteiger partial charge in [0.2, 0.25) is 0 Å². The SMILES string of the molecule is CC(C)N(CC[C@H](c1ccccc1)c1cc(CCOc2cccc(CCNC[C@@H](O)c3ccc(O)c(CO)c3)c2)ccc1O)C(C)C. The van der Waals surface area contributed by atoms with Gasteiger partial charge in [0.05, 0.1) is 19.3 Å². The average molecular weight is 641 g/mol. The second-order valence-electron chi connectivity index (χ2n) is 12.8. The van der Waals surface area contributed by atoms with E-state index >= 15 is 0 Å². The molecule has 4 aromatic rings. The van der Waals surface area contributed by atoms with Gasteiger partial charge in [0.15, 0.2) is 0 Å². The molecule has 7 nitrogen and oxygen atoms in total. The Hall–Kier alpha value is -3.88. The van der Waals surface area contributed by atoms with E-state index in [2.05, 4.69) is 80.4 Å². The van der Waals surface area contributed by atoms with Crippen LogP contribution in [0.2, 0.25) is 0 Å². The zero-order valence-electron chi connectivity index (χ0n) is 28.3. The van der Waals surface area contributed by atoms with Crippen LogP contribution >= 0.6 is 0 Å². The van der Waals surface area contributed by atoms with Crippen molar-refractivity contribution < 1.29 is 25.2 Å². The van der Waals surface area contributed by atoms with E-state index in [-0.39, 0.29) is 18.3 Å². The van der Waals surface area contributed by atoms with Crippen LogP contribution in [-0.4, -0.2) is 63.7 Å². The van der Waals surface area contributed by atoms with Crippen LogP contribution in [0, 0.1) is 0 Å². The predicted octanol–water partition coefficient (Wildman–Crippen LogP) is 6.72. The van der Waals surface area contributed by atoms with Crippen LogP contribution in [0.4, 0.5) is 0 Å². The second kappa shape index (κ2) is 17.9. The van der Waals surface area contributed by atoms with Crippen LogP contribution in [0.5, 0.6) is 17.2 Å². The minimum absolute atomic E-state index is 0.0221. The molecule has 47 heavy (non-hydrogen) atoms. The summed E-state index contributed by atoms with van der Waals surface area (Å²) in [6, 6.07) is 30.2. The van der Waals surface area contributed by atoms with Crippen molar-refractivity contribution in [3.05, 3.63) is 124 Å². The molecule has 0 aliphatic heterocycles. The quantitative estimate of drug-likeness (QED) is 0.0770. The van der Waals surface area contributed by atoms with Crippen LogP contribution in [0.1, 0.15) is 79.5 Å². The number of phenols is 2.